The summed E-state index contributed by atoms with van der Waals surface area (Å²) < 4.78 is 53.2. The summed E-state index contributed by atoms with van der Waals surface area (Å²) in [6.07, 6.45) is 7.20. The molecule has 1 fully saturated rings. The third-order valence-electron chi connectivity index (χ3n) is 6.21. The maximum Gasteiger partial charge on any atom is 1.00 e. The molecule has 1 aromatic carbocycles. The van der Waals surface area contributed by atoms with Crippen LogP contribution in [0.25, 0.3) is 4.72 Å². The van der Waals surface area contributed by atoms with Crippen molar-refractivity contribution in [2.45, 2.75) is 56.6 Å². The van der Waals surface area contributed by atoms with Crippen molar-refractivity contribution in [1.82, 2.24) is 4.31 Å². The summed E-state index contributed by atoms with van der Waals surface area (Å²) in [6, 6.07) is 1.38. The molecule has 1 saturated heterocycles. The predicted molar refractivity (Wildman–Crippen MR) is 111 cm³/mol. The van der Waals surface area contributed by atoms with Crippen LogP contribution in [0.2, 0.25) is 0 Å². The summed E-state index contributed by atoms with van der Waals surface area (Å²) in [5, 5.41) is 1.95. The Kier molecular flexibility index (Phi) is 7.77. The summed E-state index contributed by atoms with van der Waals surface area (Å²) >= 11 is 0. The molecule has 0 aromatic heterocycles. The molecule has 160 valence electrons. The smallest absolute Gasteiger partial charge is 0.423 e. The van der Waals surface area contributed by atoms with Crippen molar-refractivity contribution in [2.75, 3.05) is 24.7 Å². The fourth-order valence-electron chi connectivity index (χ4n) is 4.75. The van der Waals surface area contributed by atoms with Crippen molar-refractivity contribution in [1.29, 1.82) is 0 Å². The number of hydrogen-bond acceptors (Lipinski definition) is 5. The number of carbonyl (C=O) groups is 1. The Hall–Kier alpha value is -0.0136. The van der Waals surface area contributed by atoms with E-state index in [-0.39, 0.29) is 77.3 Å². The molecule has 8 nitrogen and oxygen atoms in total. The van der Waals surface area contributed by atoms with Crippen molar-refractivity contribution in [3.63, 3.8) is 0 Å². The summed E-state index contributed by atoms with van der Waals surface area (Å²) in [5.41, 5.74) is 5.50. The largest absolute Gasteiger partial charge is 1.00 e. The first-order valence-electron chi connectivity index (χ1n) is 10.0. The monoisotopic (exact) mass is 479 g/mol. The molecule has 1 heterocycles. The van der Waals surface area contributed by atoms with E-state index in [0.29, 0.717) is 0 Å². The van der Waals surface area contributed by atoms with Crippen LogP contribution in [0, 0.1) is 0 Å². The van der Waals surface area contributed by atoms with Gasteiger partial charge in [0, 0.05) is 13.1 Å². The van der Waals surface area contributed by atoms with Gasteiger partial charge in [-0.2, -0.15) is 0 Å². The Balaban J connectivity index is 0.00000256. The van der Waals surface area contributed by atoms with Gasteiger partial charge >= 0.3 is 51.4 Å². The number of nitrogens with one attached hydrogen (secondary N) is 1. The van der Waals surface area contributed by atoms with E-state index in [0.717, 1.165) is 61.6 Å². The van der Waals surface area contributed by atoms with Crippen LogP contribution in [0.1, 0.15) is 47.9 Å². The van der Waals surface area contributed by atoms with E-state index < -0.39 is 31.3 Å². The van der Waals surface area contributed by atoms with Crippen molar-refractivity contribution in [2.24, 2.45) is 0 Å². The zero-order valence-corrected chi connectivity index (χ0v) is 22.2. The van der Waals surface area contributed by atoms with E-state index >= 15 is 0 Å². The summed E-state index contributed by atoms with van der Waals surface area (Å²) in [7, 11) is -7.35. The Bertz CT molecular complexity index is 1020. The third kappa shape index (κ3) is 5.14. The molecule has 30 heavy (non-hydrogen) atoms. The maximum absolute atomic E-state index is 12.6. The van der Waals surface area contributed by atoms with Crippen molar-refractivity contribution < 1.29 is 73.0 Å². The normalized spacial score (nSPS) is 19.6. The zero-order chi connectivity index (χ0) is 20.8. The van der Waals surface area contributed by atoms with E-state index in [1.165, 1.54) is 15.4 Å². The van der Waals surface area contributed by atoms with Gasteiger partial charge in [-0.05, 0) is 79.3 Å². The van der Waals surface area contributed by atoms with E-state index in [4.69, 9.17) is 0 Å². The second kappa shape index (κ2) is 9.46. The van der Waals surface area contributed by atoms with Gasteiger partial charge < -0.3 is 10.0 Å². The molecule has 0 spiro atoms. The van der Waals surface area contributed by atoms with Crippen molar-refractivity contribution >= 4 is 31.8 Å². The van der Waals surface area contributed by atoms with Crippen LogP contribution in [-0.4, -0.2) is 51.8 Å². The molecule has 11 heteroatoms. The third-order valence-corrected chi connectivity index (χ3v) is 9.24. The first-order chi connectivity index (χ1) is 13.6. The number of anilines is 1. The van der Waals surface area contributed by atoms with E-state index in [2.05, 4.69) is 16.1 Å². The average molecular weight is 480 g/mol. The van der Waals surface area contributed by atoms with Gasteiger partial charge in [-0.15, -0.1) is 0 Å². The number of aryl methyl sites for hydroxylation is 2. The molecule has 0 atom stereocenters. The fourth-order valence-corrected chi connectivity index (χ4v) is 6.86. The van der Waals surface area contributed by atoms with Gasteiger partial charge in [-0.3, -0.25) is 4.79 Å². The molecule has 0 saturated carbocycles. The molecule has 4 rings (SSSR count). The van der Waals surface area contributed by atoms with Crippen LogP contribution in [0.15, 0.2) is 6.07 Å². The van der Waals surface area contributed by atoms with Crippen molar-refractivity contribution in [3.05, 3.63) is 33.0 Å². The van der Waals surface area contributed by atoms with Gasteiger partial charge in [0.15, 0.2) is 16.1 Å². The number of urea groups is 1. The minimum atomic E-state index is -4.01. The molecule has 1 aliphatic heterocycles. The zero-order valence-electron chi connectivity index (χ0n) is 17.5. The number of benzene rings is 1. The van der Waals surface area contributed by atoms with Crippen LogP contribution in [-0.2, 0) is 45.7 Å². The van der Waals surface area contributed by atoms with Crippen LogP contribution in [0.3, 0.4) is 0 Å². The Morgan fingerprint density at radius 1 is 1.00 bits per heavy atom. The molecule has 0 bridgehead atoms. The second-order valence-electron chi connectivity index (χ2n) is 8.13. The molecule has 1 aromatic rings. The minimum absolute atomic E-state index is 0. The van der Waals surface area contributed by atoms with E-state index in [1.54, 1.807) is 0 Å². The van der Waals surface area contributed by atoms with Crippen molar-refractivity contribution in [3.8, 4) is 0 Å². The molecular formula is C19H26KN3O5S2. The second-order valence-corrected chi connectivity index (χ2v) is 12.0. The standard InChI is InChI=1S/C19H27N3O5S2.K/c1-28(24,25)22-10-8-15(9-11-22)29(26,27)21-19(23)20-18-16-6-2-4-13(16)12-14-5-3-7-17(14)18;/h12,15H,2-11H2,1H3,(H2,20,21,23);/q;+1/p-1. The van der Waals surface area contributed by atoms with Crippen LogP contribution in [0.4, 0.5) is 10.5 Å². The van der Waals surface area contributed by atoms with Crippen LogP contribution in [0.5, 0.6) is 0 Å². The van der Waals surface area contributed by atoms with Gasteiger partial charge in [0.05, 0.1) is 11.5 Å². The number of nitrogens with zero attached hydrogens (tertiary/aromatic N) is 2. The quantitative estimate of drug-likeness (QED) is 0.575. The van der Waals surface area contributed by atoms with Crippen LogP contribution >= 0.6 is 0 Å². The number of amides is 2. The number of sulfonamides is 2. The number of piperidine rings is 1. The van der Waals surface area contributed by atoms with Gasteiger partial charge in [-0.1, -0.05) is 6.07 Å². The summed E-state index contributed by atoms with van der Waals surface area (Å²) in [6.45, 7) is 0.249. The molecule has 2 amide bonds. The first kappa shape index (κ1) is 24.6. The Morgan fingerprint density at radius 2 is 1.53 bits per heavy atom. The first-order valence-corrected chi connectivity index (χ1v) is 13.4. The molecular weight excluding hydrogens is 453 g/mol. The molecule has 0 radical (unpaired) electrons. The SMILES string of the molecule is CS(=O)(=O)N1CCC(S(=O)(=O)[N-]C(=O)Nc2c3c(cc4c2CCC4)CCC3)CC1.[K+]. The molecule has 3 aliphatic rings. The predicted octanol–water partition coefficient (Wildman–Crippen LogP) is -0.673. The van der Waals surface area contributed by atoms with Gasteiger partial charge in [0.1, 0.15) is 0 Å². The summed E-state index contributed by atoms with van der Waals surface area (Å²) in [4.78, 5) is 12.5. The molecule has 1 N–H and O–H groups in total. The minimum Gasteiger partial charge on any atom is -0.423 e. The molecule has 0 unspecified atom stereocenters. The van der Waals surface area contributed by atoms with Gasteiger partial charge in [0.2, 0.25) is 10.0 Å². The van der Waals surface area contributed by atoms with E-state index in [9.17, 15) is 21.6 Å². The van der Waals surface area contributed by atoms with Gasteiger partial charge in [-0.25, -0.2) is 21.1 Å². The number of hydrogen-bond donors (Lipinski definition) is 1. The fraction of sp³-hybridized carbons (Fsp3) is 0.632. The topological polar surface area (TPSA) is 115 Å². The average Bonchev–Trinajstić information content (AvgIpc) is 3.29. The maximum atomic E-state index is 12.6. The number of carbonyl (C=O) groups excluding carboxylic acids is 1. The van der Waals surface area contributed by atoms with Crippen LogP contribution < -0.4 is 56.7 Å². The molecule has 2 aliphatic carbocycles. The number of fused-ring (bicyclic) bond motifs is 2. The van der Waals surface area contributed by atoms with Gasteiger partial charge in [0.25, 0.3) is 0 Å². The number of rotatable bonds is 4. The Morgan fingerprint density at radius 3 is 2.03 bits per heavy atom. The van der Waals surface area contributed by atoms with E-state index in [1.807, 2.05) is 0 Å². The Labute approximate surface area is 221 Å². The summed E-state index contributed by atoms with van der Waals surface area (Å²) in [5.74, 6) is 0.